The monoisotopic (exact) mass is 485 g/mol. The number of fused-ring (bicyclic) bond motifs is 2. The van der Waals surface area contributed by atoms with Crippen LogP contribution in [-0.4, -0.2) is 42.0 Å². The fraction of sp³-hybridized carbons (Fsp3) is 0.345. The molecule has 0 saturated heterocycles. The Hall–Kier alpha value is -3.55. The summed E-state index contributed by atoms with van der Waals surface area (Å²) in [7, 11) is 0. The molecule has 0 aliphatic carbocycles. The van der Waals surface area contributed by atoms with E-state index >= 15 is 0 Å². The second kappa shape index (κ2) is 13.5. The van der Waals surface area contributed by atoms with Gasteiger partial charge in [0.1, 0.15) is 0 Å². The molecule has 2 atom stereocenters. The van der Waals surface area contributed by atoms with Crippen LogP contribution in [0.15, 0.2) is 78.9 Å². The fourth-order valence-corrected chi connectivity index (χ4v) is 4.32. The Labute approximate surface area is 213 Å². The molecule has 7 heteroatoms. The fourth-order valence-electron chi connectivity index (χ4n) is 4.32. The van der Waals surface area contributed by atoms with E-state index in [0.29, 0.717) is 39.0 Å². The molecule has 0 radical (unpaired) electrons. The van der Waals surface area contributed by atoms with E-state index in [9.17, 15) is 9.59 Å². The molecule has 0 spiro atoms. The largest absolute Gasteiger partial charge is 0.355 e. The SMILES string of the molecule is O=C1NCCCCNC(=O)[C@H](Cc2ccccc2)NCc2cccc(n2)CNC1Cc1ccccc1. The van der Waals surface area contributed by atoms with Gasteiger partial charge >= 0.3 is 0 Å². The number of aromatic nitrogens is 1. The highest BCUT2D eigenvalue weighted by molar-refractivity contribution is 5.82. The van der Waals surface area contributed by atoms with Gasteiger partial charge in [-0.15, -0.1) is 0 Å². The molecule has 188 valence electrons. The quantitative estimate of drug-likeness (QED) is 0.456. The third kappa shape index (κ3) is 8.00. The van der Waals surface area contributed by atoms with Crippen LogP contribution in [0.5, 0.6) is 0 Å². The van der Waals surface area contributed by atoms with Gasteiger partial charge in [-0.05, 0) is 48.9 Å². The molecule has 2 aromatic carbocycles. The lowest BCUT2D eigenvalue weighted by molar-refractivity contribution is -0.124. The van der Waals surface area contributed by atoms with Crippen molar-refractivity contribution < 1.29 is 9.59 Å². The lowest BCUT2D eigenvalue weighted by Gasteiger charge is -2.19. The summed E-state index contributed by atoms with van der Waals surface area (Å²) in [6.45, 7) is 2.10. The van der Waals surface area contributed by atoms with Gasteiger partial charge < -0.3 is 10.6 Å². The number of benzene rings is 2. The van der Waals surface area contributed by atoms with E-state index in [1.165, 1.54) is 0 Å². The van der Waals surface area contributed by atoms with Crippen molar-refractivity contribution in [3.05, 3.63) is 101 Å². The molecule has 2 bridgehead atoms. The average molecular weight is 486 g/mol. The second-order valence-corrected chi connectivity index (χ2v) is 9.16. The van der Waals surface area contributed by atoms with Crippen molar-refractivity contribution in [2.75, 3.05) is 13.1 Å². The van der Waals surface area contributed by atoms with Gasteiger partial charge in [0.15, 0.2) is 0 Å². The van der Waals surface area contributed by atoms with E-state index in [0.717, 1.165) is 35.4 Å². The van der Waals surface area contributed by atoms with Crippen molar-refractivity contribution in [2.45, 2.75) is 50.9 Å². The summed E-state index contributed by atoms with van der Waals surface area (Å²) in [6, 6.07) is 25.2. The van der Waals surface area contributed by atoms with Crippen LogP contribution in [0.4, 0.5) is 0 Å². The lowest BCUT2D eigenvalue weighted by Crippen LogP contribution is -2.46. The number of rotatable bonds is 4. The van der Waals surface area contributed by atoms with E-state index in [-0.39, 0.29) is 23.9 Å². The molecule has 2 amide bonds. The van der Waals surface area contributed by atoms with Gasteiger partial charge in [0, 0.05) is 26.2 Å². The Morgan fingerprint density at radius 3 is 1.50 bits per heavy atom. The molecule has 0 fully saturated rings. The molecule has 0 saturated carbocycles. The number of amides is 2. The summed E-state index contributed by atoms with van der Waals surface area (Å²) in [6.07, 6.45) is 2.79. The molecule has 36 heavy (non-hydrogen) atoms. The number of hydrogen-bond acceptors (Lipinski definition) is 5. The zero-order valence-electron chi connectivity index (χ0n) is 20.6. The van der Waals surface area contributed by atoms with Crippen LogP contribution in [0.25, 0.3) is 0 Å². The molecule has 7 nitrogen and oxygen atoms in total. The Balaban J connectivity index is 1.48. The molecular formula is C29H35N5O2. The van der Waals surface area contributed by atoms with Crippen LogP contribution in [-0.2, 0) is 35.5 Å². The highest BCUT2D eigenvalue weighted by Gasteiger charge is 2.20. The zero-order valence-corrected chi connectivity index (χ0v) is 20.6. The van der Waals surface area contributed by atoms with Crippen molar-refractivity contribution in [3.63, 3.8) is 0 Å². The molecule has 1 aliphatic heterocycles. The first-order valence-electron chi connectivity index (χ1n) is 12.7. The summed E-state index contributed by atoms with van der Waals surface area (Å²) >= 11 is 0. The van der Waals surface area contributed by atoms with Crippen LogP contribution in [0.3, 0.4) is 0 Å². The summed E-state index contributed by atoms with van der Waals surface area (Å²) in [5.74, 6) is -0.0408. The topological polar surface area (TPSA) is 95.2 Å². The number of hydrogen-bond donors (Lipinski definition) is 4. The number of carbonyl (C=O) groups is 2. The lowest BCUT2D eigenvalue weighted by atomic mass is 10.0. The van der Waals surface area contributed by atoms with Crippen LogP contribution >= 0.6 is 0 Å². The van der Waals surface area contributed by atoms with E-state index in [4.69, 9.17) is 4.98 Å². The molecule has 3 aromatic rings. The minimum atomic E-state index is -0.360. The second-order valence-electron chi connectivity index (χ2n) is 9.16. The average Bonchev–Trinajstić information content (AvgIpc) is 2.91. The van der Waals surface area contributed by atoms with E-state index < -0.39 is 0 Å². The molecule has 1 unspecified atom stereocenters. The van der Waals surface area contributed by atoms with Gasteiger partial charge in [0.05, 0.1) is 23.5 Å². The van der Waals surface area contributed by atoms with Crippen molar-refractivity contribution >= 4 is 11.8 Å². The third-order valence-electron chi connectivity index (χ3n) is 6.32. The summed E-state index contributed by atoms with van der Waals surface area (Å²) in [5, 5.41) is 12.9. The predicted octanol–water partition coefficient (Wildman–Crippen LogP) is 2.51. The maximum atomic E-state index is 13.0. The maximum absolute atomic E-state index is 13.0. The first-order valence-corrected chi connectivity index (χ1v) is 12.7. The van der Waals surface area contributed by atoms with Gasteiger partial charge in [-0.1, -0.05) is 66.7 Å². The summed E-state index contributed by atoms with van der Waals surface area (Å²) in [5.41, 5.74) is 3.92. The van der Waals surface area contributed by atoms with Gasteiger partial charge in [-0.25, -0.2) is 0 Å². The molecule has 2 heterocycles. The number of pyridine rings is 1. The first-order chi connectivity index (χ1) is 17.7. The molecule has 4 N–H and O–H groups in total. The Morgan fingerprint density at radius 2 is 1.06 bits per heavy atom. The minimum absolute atomic E-state index is 0.0204. The van der Waals surface area contributed by atoms with Crippen molar-refractivity contribution in [1.82, 2.24) is 26.3 Å². The Kier molecular flexibility index (Phi) is 9.59. The van der Waals surface area contributed by atoms with Crippen LogP contribution < -0.4 is 21.3 Å². The van der Waals surface area contributed by atoms with Crippen LogP contribution in [0, 0.1) is 0 Å². The maximum Gasteiger partial charge on any atom is 0.237 e. The molecular weight excluding hydrogens is 450 g/mol. The Morgan fingerprint density at radius 1 is 0.611 bits per heavy atom. The van der Waals surface area contributed by atoms with E-state index in [1.807, 2.05) is 78.9 Å². The highest BCUT2D eigenvalue weighted by atomic mass is 16.2. The normalized spacial score (nSPS) is 20.1. The van der Waals surface area contributed by atoms with Crippen molar-refractivity contribution in [3.8, 4) is 0 Å². The smallest absolute Gasteiger partial charge is 0.237 e. The van der Waals surface area contributed by atoms with Crippen LogP contribution in [0.1, 0.15) is 35.4 Å². The number of nitrogens with zero attached hydrogens (tertiary/aromatic N) is 1. The minimum Gasteiger partial charge on any atom is -0.355 e. The molecule has 1 aromatic heterocycles. The van der Waals surface area contributed by atoms with Gasteiger partial charge in [0.25, 0.3) is 0 Å². The summed E-state index contributed by atoms with van der Waals surface area (Å²) < 4.78 is 0. The Bertz CT molecular complexity index is 1020. The molecule has 1 aliphatic rings. The highest BCUT2D eigenvalue weighted by Crippen LogP contribution is 2.08. The third-order valence-corrected chi connectivity index (χ3v) is 6.32. The predicted molar refractivity (Wildman–Crippen MR) is 141 cm³/mol. The van der Waals surface area contributed by atoms with Gasteiger partial charge in [-0.3, -0.25) is 25.2 Å². The van der Waals surface area contributed by atoms with E-state index in [2.05, 4.69) is 21.3 Å². The zero-order chi connectivity index (χ0) is 25.0. The standard InChI is InChI=1S/C29H35N5O2/c35-28-26(18-22-10-3-1-4-11-22)32-20-24-14-9-15-25(34-24)21-33-27(19-23-12-5-2-6-13-23)29(36)31-17-8-7-16-30-28/h1-6,9-15,26-27,32-33H,7-8,16-21H2,(H,30,35)(H,31,36)/t26-,27?/m0/s1. The van der Waals surface area contributed by atoms with Crippen molar-refractivity contribution in [1.29, 1.82) is 0 Å². The van der Waals surface area contributed by atoms with Crippen LogP contribution in [0.2, 0.25) is 0 Å². The summed E-state index contributed by atoms with van der Waals surface area (Å²) in [4.78, 5) is 30.7. The van der Waals surface area contributed by atoms with Crippen molar-refractivity contribution in [2.24, 2.45) is 0 Å². The number of nitrogens with one attached hydrogen (secondary N) is 4. The van der Waals surface area contributed by atoms with Gasteiger partial charge in [0.2, 0.25) is 11.8 Å². The molecule has 4 rings (SSSR count). The van der Waals surface area contributed by atoms with Gasteiger partial charge in [-0.2, -0.15) is 0 Å². The first kappa shape index (κ1) is 25.5. The van der Waals surface area contributed by atoms with E-state index in [1.54, 1.807) is 0 Å². The number of carbonyl (C=O) groups excluding carboxylic acids is 2.